The van der Waals surface area contributed by atoms with E-state index in [1.54, 1.807) is 6.92 Å². The Morgan fingerprint density at radius 2 is 2.06 bits per heavy atom. The summed E-state index contributed by atoms with van der Waals surface area (Å²) in [5.41, 5.74) is 0. The van der Waals surface area contributed by atoms with E-state index in [4.69, 9.17) is 5.11 Å². The minimum absolute atomic E-state index is 0.00375. The van der Waals surface area contributed by atoms with Crippen molar-refractivity contribution >= 4 is 15.9 Å². The van der Waals surface area contributed by atoms with E-state index in [-0.39, 0.29) is 18.3 Å². The lowest BCUT2D eigenvalue weighted by molar-refractivity contribution is -0.122. The lowest BCUT2D eigenvalue weighted by atomic mass is 10.3. The molecule has 0 saturated carbocycles. The average Bonchev–Trinajstić information content (AvgIpc) is 2.16. The largest absolute Gasteiger partial charge is 0.396 e. The quantitative estimate of drug-likeness (QED) is 0.493. The van der Waals surface area contributed by atoms with Crippen molar-refractivity contribution in [3.05, 3.63) is 0 Å². The molecule has 0 bridgehead atoms. The van der Waals surface area contributed by atoms with Crippen LogP contribution in [0, 0.1) is 0 Å². The van der Waals surface area contributed by atoms with Crippen molar-refractivity contribution in [2.45, 2.75) is 32.7 Å². The summed E-state index contributed by atoms with van der Waals surface area (Å²) in [7, 11) is -3.37. The molecule has 7 heteroatoms. The fraction of sp³-hybridized carbons (Fsp3) is 0.889. The van der Waals surface area contributed by atoms with Gasteiger partial charge in [0.05, 0.1) is 11.8 Å². The van der Waals surface area contributed by atoms with Crippen LogP contribution in [0.25, 0.3) is 0 Å². The lowest BCUT2D eigenvalue weighted by Gasteiger charge is -2.13. The van der Waals surface area contributed by atoms with Gasteiger partial charge in [0.2, 0.25) is 15.9 Å². The Hall–Kier alpha value is -0.660. The van der Waals surface area contributed by atoms with Crippen LogP contribution >= 0.6 is 0 Å². The molecule has 0 aromatic heterocycles. The third-order valence-electron chi connectivity index (χ3n) is 1.86. The van der Waals surface area contributed by atoms with E-state index in [9.17, 15) is 13.2 Å². The maximum absolute atomic E-state index is 11.4. The molecule has 0 aliphatic heterocycles. The first-order chi connectivity index (χ1) is 7.43. The highest BCUT2D eigenvalue weighted by atomic mass is 32.2. The van der Waals surface area contributed by atoms with Crippen LogP contribution in [0.15, 0.2) is 0 Å². The van der Waals surface area contributed by atoms with Gasteiger partial charge in [-0.3, -0.25) is 4.79 Å². The molecule has 1 unspecified atom stereocenters. The molecule has 0 aromatic rings. The minimum atomic E-state index is -3.37. The zero-order valence-corrected chi connectivity index (χ0v) is 10.5. The van der Waals surface area contributed by atoms with Crippen molar-refractivity contribution in [2.75, 3.05) is 18.9 Å². The fourth-order valence-electron chi connectivity index (χ4n) is 1.09. The Balaban J connectivity index is 4.05. The smallest absolute Gasteiger partial charge is 0.237 e. The molecule has 0 spiro atoms. The number of amides is 1. The van der Waals surface area contributed by atoms with E-state index < -0.39 is 16.1 Å². The number of nitrogens with one attached hydrogen (secondary N) is 2. The maximum atomic E-state index is 11.4. The normalized spacial score (nSPS) is 13.4. The predicted octanol–water partition coefficient (Wildman–Crippen LogP) is -0.797. The van der Waals surface area contributed by atoms with Gasteiger partial charge in [-0.2, -0.15) is 0 Å². The Bertz CT molecular complexity index is 303. The summed E-state index contributed by atoms with van der Waals surface area (Å²) in [5.74, 6) is -0.366. The van der Waals surface area contributed by atoms with Gasteiger partial charge in [-0.25, -0.2) is 13.1 Å². The van der Waals surface area contributed by atoms with Crippen molar-refractivity contribution in [1.82, 2.24) is 10.0 Å². The van der Waals surface area contributed by atoms with Crippen molar-refractivity contribution in [2.24, 2.45) is 0 Å². The topological polar surface area (TPSA) is 95.5 Å². The Morgan fingerprint density at radius 3 is 2.56 bits per heavy atom. The van der Waals surface area contributed by atoms with Gasteiger partial charge in [-0.05, 0) is 19.8 Å². The molecular weight excluding hydrogens is 232 g/mol. The molecule has 16 heavy (non-hydrogen) atoms. The van der Waals surface area contributed by atoms with E-state index in [0.717, 1.165) is 0 Å². The molecule has 1 amide bonds. The average molecular weight is 252 g/mol. The molecule has 0 aliphatic carbocycles. The number of sulfonamides is 1. The fourth-order valence-corrected chi connectivity index (χ4v) is 2.40. The Labute approximate surface area is 96.5 Å². The summed E-state index contributed by atoms with van der Waals surface area (Å²) in [6, 6.07) is -0.782. The van der Waals surface area contributed by atoms with Gasteiger partial charge in [0, 0.05) is 13.2 Å². The standard InChI is InChI=1S/C9H20N2O4S/c1-3-7-16(14,15)11-8(2)9(13)10-5-4-6-12/h8,11-12H,3-7H2,1-2H3,(H,10,13). The number of carbonyl (C=O) groups is 1. The number of carbonyl (C=O) groups excluding carboxylic acids is 1. The van der Waals surface area contributed by atoms with E-state index in [0.29, 0.717) is 19.4 Å². The van der Waals surface area contributed by atoms with Crippen molar-refractivity contribution in [3.8, 4) is 0 Å². The van der Waals surface area contributed by atoms with Crippen molar-refractivity contribution in [3.63, 3.8) is 0 Å². The number of hydrogen-bond donors (Lipinski definition) is 3. The first-order valence-electron chi connectivity index (χ1n) is 5.31. The van der Waals surface area contributed by atoms with Gasteiger partial charge in [0.15, 0.2) is 0 Å². The second-order valence-electron chi connectivity index (χ2n) is 3.53. The molecule has 6 nitrogen and oxygen atoms in total. The van der Waals surface area contributed by atoms with Crippen LogP contribution in [-0.2, 0) is 14.8 Å². The summed E-state index contributed by atoms with van der Waals surface area (Å²) in [6.07, 6.45) is 0.967. The molecule has 3 N–H and O–H groups in total. The van der Waals surface area contributed by atoms with E-state index in [1.807, 2.05) is 0 Å². The summed E-state index contributed by atoms with van der Waals surface area (Å²) in [5, 5.41) is 11.0. The molecule has 0 aliphatic rings. The van der Waals surface area contributed by atoms with Gasteiger partial charge >= 0.3 is 0 Å². The van der Waals surface area contributed by atoms with E-state index >= 15 is 0 Å². The predicted molar refractivity (Wildman–Crippen MR) is 61.4 cm³/mol. The molecule has 1 atom stereocenters. The van der Waals surface area contributed by atoms with Crippen LogP contribution in [0.3, 0.4) is 0 Å². The lowest BCUT2D eigenvalue weighted by Crippen LogP contribution is -2.45. The molecule has 0 fully saturated rings. The van der Waals surface area contributed by atoms with Crippen LogP contribution in [0.5, 0.6) is 0 Å². The third-order valence-corrected chi connectivity index (χ3v) is 3.51. The van der Waals surface area contributed by atoms with Crippen LogP contribution < -0.4 is 10.0 Å². The van der Waals surface area contributed by atoms with Crippen LogP contribution in [0.2, 0.25) is 0 Å². The summed E-state index contributed by atoms with van der Waals surface area (Å²) < 4.78 is 25.0. The highest BCUT2D eigenvalue weighted by Gasteiger charge is 2.18. The first-order valence-corrected chi connectivity index (χ1v) is 6.96. The van der Waals surface area contributed by atoms with Crippen molar-refractivity contribution < 1.29 is 18.3 Å². The zero-order valence-electron chi connectivity index (χ0n) is 9.69. The number of aliphatic hydroxyl groups excluding tert-OH is 1. The second kappa shape index (κ2) is 7.59. The Morgan fingerprint density at radius 1 is 1.44 bits per heavy atom. The molecule has 0 saturated heterocycles. The zero-order chi connectivity index (χ0) is 12.6. The second-order valence-corrected chi connectivity index (χ2v) is 5.40. The monoisotopic (exact) mass is 252 g/mol. The van der Waals surface area contributed by atoms with E-state index in [1.165, 1.54) is 6.92 Å². The molecule has 0 radical (unpaired) electrons. The highest BCUT2D eigenvalue weighted by Crippen LogP contribution is 1.92. The van der Waals surface area contributed by atoms with Gasteiger partial charge in [-0.15, -0.1) is 0 Å². The minimum Gasteiger partial charge on any atom is -0.396 e. The first kappa shape index (κ1) is 15.3. The van der Waals surface area contributed by atoms with Crippen LogP contribution in [0.1, 0.15) is 26.7 Å². The SMILES string of the molecule is CCCS(=O)(=O)NC(C)C(=O)NCCCO. The highest BCUT2D eigenvalue weighted by molar-refractivity contribution is 7.89. The number of hydrogen-bond acceptors (Lipinski definition) is 4. The molecule has 0 heterocycles. The third kappa shape index (κ3) is 6.76. The number of rotatable bonds is 8. The summed E-state index contributed by atoms with van der Waals surface area (Å²) >= 11 is 0. The number of aliphatic hydroxyl groups is 1. The molecule has 0 aromatic carbocycles. The maximum Gasteiger partial charge on any atom is 0.237 e. The van der Waals surface area contributed by atoms with E-state index in [2.05, 4.69) is 10.0 Å². The van der Waals surface area contributed by atoms with Gasteiger partial charge in [0.25, 0.3) is 0 Å². The summed E-state index contributed by atoms with van der Waals surface area (Å²) in [4.78, 5) is 11.4. The van der Waals surface area contributed by atoms with Crippen LogP contribution in [-0.4, -0.2) is 44.4 Å². The molecule has 96 valence electrons. The van der Waals surface area contributed by atoms with Crippen LogP contribution in [0.4, 0.5) is 0 Å². The summed E-state index contributed by atoms with van der Waals surface area (Å²) in [6.45, 7) is 3.58. The molecule has 0 rings (SSSR count). The van der Waals surface area contributed by atoms with Gasteiger partial charge in [-0.1, -0.05) is 6.92 Å². The van der Waals surface area contributed by atoms with Gasteiger partial charge < -0.3 is 10.4 Å². The van der Waals surface area contributed by atoms with Crippen molar-refractivity contribution in [1.29, 1.82) is 0 Å². The molecular formula is C9H20N2O4S. The van der Waals surface area contributed by atoms with Gasteiger partial charge in [0.1, 0.15) is 0 Å². The Kier molecular flexibility index (Phi) is 7.27.